The fourth-order valence-corrected chi connectivity index (χ4v) is 5.76. The first-order valence-electron chi connectivity index (χ1n) is 6.40. The van der Waals surface area contributed by atoms with Gasteiger partial charge >= 0.3 is 0 Å². The van der Waals surface area contributed by atoms with Crippen molar-refractivity contribution in [3.63, 3.8) is 0 Å². The SMILES string of the molecule is O=[N+]([O-])c1ccc2c(c1)[C@H]1c3sc(=S)[nH]c3SC[C@H]1CO2. The second-order valence-electron chi connectivity index (χ2n) is 5.05. The van der Waals surface area contributed by atoms with Crippen LogP contribution < -0.4 is 4.74 Å². The molecule has 5 nitrogen and oxygen atoms in total. The summed E-state index contributed by atoms with van der Waals surface area (Å²) in [6.07, 6.45) is 0. The van der Waals surface area contributed by atoms with Crippen LogP contribution in [0.15, 0.2) is 23.2 Å². The molecule has 0 aliphatic carbocycles. The molecule has 0 spiro atoms. The molecular formula is C13H10N2O3S3. The van der Waals surface area contributed by atoms with Gasteiger partial charge in [0.1, 0.15) is 5.75 Å². The van der Waals surface area contributed by atoms with E-state index in [0.29, 0.717) is 12.5 Å². The Bertz CT molecular complexity index is 798. The summed E-state index contributed by atoms with van der Waals surface area (Å²) in [6.45, 7) is 0.645. The molecule has 2 aliphatic rings. The maximum atomic E-state index is 11.0. The van der Waals surface area contributed by atoms with Crippen LogP contribution in [-0.4, -0.2) is 22.3 Å². The minimum Gasteiger partial charge on any atom is -0.493 e. The maximum Gasteiger partial charge on any atom is 0.269 e. The molecule has 3 heterocycles. The molecule has 4 rings (SSSR count). The van der Waals surface area contributed by atoms with Crippen LogP contribution in [0, 0.1) is 20.0 Å². The van der Waals surface area contributed by atoms with Crippen molar-refractivity contribution in [2.45, 2.75) is 10.9 Å². The van der Waals surface area contributed by atoms with E-state index in [2.05, 4.69) is 4.98 Å². The number of benzene rings is 1. The topological polar surface area (TPSA) is 68.2 Å². The van der Waals surface area contributed by atoms with Gasteiger partial charge in [0.25, 0.3) is 5.69 Å². The van der Waals surface area contributed by atoms with Gasteiger partial charge in [0.05, 0.1) is 16.6 Å². The summed E-state index contributed by atoms with van der Waals surface area (Å²) < 4.78 is 6.54. The Kier molecular flexibility index (Phi) is 3.05. The van der Waals surface area contributed by atoms with Crippen LogP contribution in [0.1, 0.15) is 16.4 Å². The number of aromatic amines is 1. The summed E-state index contributed by atoms with van der Waals surface area (Å²) >= 11 is 8.57. The predicted molar refractivity (Wildman–Crippen MR) is 84.2 cm³/mol. The summed E-state index contributed by atoms with van der Waals surface area (Å²) in [5.74, 6) is 2.15. The highest BCUT2D eigenvalue weighted by Crippen LogP contribution is 2.51. The van der Waals surface area contributed by atoms with Crippen LogP contribution in [0.25, 0.3) is 0 Å². The zero-order chi connectivity index (χ0) is 14.6. The third kappa shape index (κ3) is 2.09. The van der Waals surface area contributed by atoms with E-state index in [0.717, 1.165) is 26.0 Å². The zero-order valence-electron chi connectivity index (χ0n) is 10.7. The number of aromatic nitrogens is 1. The summed E-state index contributed by atoms with van der Waals surface area (Å²) in [6, 6.07) is 4.85. The van der Waals surface area contributed by atoms with Gasteiger partial charge in [-0.25, -0.2) is 0 Å². The smallest absolute Gasteiger partial charge is 0.269 e. The lowest BCUT2D eigenvalue weighted by atomic mass is 9.83. The van der Waals surface area contributed by atoms with Crippen molar-refractivity contribution in [3.05, 3.63) is 42.7 Å². The standard InChI is InChI=1S/C13H10N2O3S3/c16-15(17)7-1-2-9-8(3-7)10-6(4-18-9)5-20-12-11(10)21-13(19)14-12/h1-3,6,10H,4-5H2,(H,14,19)/t6-,10+/m1/s1. The molecule has 0 saturated carbocycles. The number of rotatable bonds is 1. The number of H-pyrrole nitrogens is 1. The van der Waals surface area contributed by atoms with Crippen molar-refractivity contribution in [3.8, 4) is 5.75 Å². The van der Waals surface area contributed by atoms with Crippen molar-refractivity contribution in [2.24, 2.45) is 5.92 Å². The van der Waals surface area contributed by atoms with E-state index in [1.54, 1.807) is 35.2 Å². The number of ether oxygens (including phenoxy) is 1. The molecule has 2 aromatic rings. The molecule has 1 N–H and O–H groups in total. The molecule has 108 valence electrons. The van der Waals surface area contributed by atoms with Crippen LogP contribution >= 0.6 is 35.3 Å². The molecule has 1 aromatic heterocycles. The van der Waals surface area contributed by atoms with E-state index in [1.165, 1.54) is 10.9 Å². The summed E-state index contributed by atoms with van der Waals surface area (Å²) in [7, 11) is 0. The largest absolute Gasteiger partial charge is 0.493 e. The molecule has 1 aromatic carbocycles. The number of nitrogens with one attached hydrogen (secondary N) is 1. The number of nitro groups is 1. The van der Waals surface area contributed by atoms with Crippen LogP contribution in [-0.2, 0) is 0 Å². The molecule has 0 fully saturated rings. The van der Waals surface area contributed by atoms with Crippen LogP contribution in [0.2, 0.25) is 0 Å². The third-order valence-corrected chi connectivity index (χ3v) is 6.48. The van der Waals surface area contributed by atoms with E-state index >= 15 is 0 Å². The lowest BCUT2D eigenvalue weighted by Gasteiger charge is -2.35. The molecule has 0 saturated heterocycles. The molecule has 0 amide bonds. The van der Waals surface area contributed by atoms with Crippen molar-refractivity contribution < 1.29 is 9.66 Å². The highest BCUT2D eigenvalue weighted by Gasteiger charge is 2.39. The molecule has 21 heavy (non-hydrogen) atoms. The highest BCUT2D eigenvalue weighted by molar-refractivity contribution is 7.99. The Morgan fingerprint density at radius 3 is 3.14 bits per heavy atom. The van der Waals surface area contributed by atoms with Gasteiger partial charge in [0.2, 0.25) is 0 Å². The quantitative estimate of drug-likeness (QED) is 0.484. The normalized spacial score (nSPS) is 22.7. The van der Waals surface area contributed by atoms with Gasteiger partial charge in [-0.3, -0.25) is 10.1 Å². The molecular weight excluding hydrogens is 328 g/mol. The minimum atomic E-state index is -0.360. The number of hydrogen-bond acceptors (Lipinski definition) is 6. The highest BCUT2D eigenvalue weighted by atomic mass is 32.2. The van der Waals surface area contributed by atoms with E-state index in [-0.39, 0.29) is 16.5 Å². The molecule has 8 heteroatoms. The number of fused-ring (bicyclic) bond motifs is 5. The average Bonchev–Trinajstić information content (AvgIpc) is 2.86. The zero-order valence-corrected chi connectivity index (χ0v) is 13.1. The maximum absolute atomic E-state index is 11.0. The molecule has 0 radical (unpaired) electrons. The molecule has 2 atom stereocenters. The first kappa shape index (κ1) is 13.3. The van der Waals surface area contributed by atoms with Gasteiger partial charge in [-0.05, 0) is 18.3 Å². The Labute approximate surface area is 133 Å². The van der Waals surface area contributed by atoms with E-state index in [9.17, 15) is 10.1 Å². The van der Waals surface area contributed by atoms with E-state index in [1.807, 2.05) is 0 Å². The van der Waals surface area contributed by atoms with Crippen molar-refractivity contribution in [1.29, 1.82) is 0 Å². The Morgan fingerprint density at radius 1 is 1.48 bits per heavy atom. The Balaban J connectivity index is 1.91. The van der Waals surface area contributed by atoms with Gasteiger partial charge in [-0.2, -0.15) is 0 Å². The van der Waals surface area contributed by atoms with Crippen molar-refractivity contribution in [2.75, 3.05) is 12.4 Å². The summed E-state index contributed by atoms with van der Waals surface area (Å²) in [5.41, 5.74) is 1.02. The van der Waals surface area contributed by atoms with Crippen LogP contribution in [0.4, 0.5) is 5.69 Å². The summed E-state index contributed by atoms with van der Waals surface area (Å²) in [5, 5.41) is 12.1. The predicted octanol–water partition coefficient (Wildman–Crippen LogP) is 3.96. The number of thiazole rings is 1. The van der Waals surface area contributed by atoms with Crippen molar-refractivity contribution >= 4 is 41.0 Å². The Morgan fingerprint density at radius 2 is 2.33 bits per heavy atom. The average molecular weight is 338 g/mol. The second-order valence-corrected chi connectivity index (χ2v) is 7.80. The number of nitrogens with zero attached hydrogens (tertiary/aromatic N) is 1. The van der Waals surface area contributed by atoms with E-state index < -0.39 is 0 Å². The van der Waals surface area contributed by atoms with Gasteiger partial charge in [-0.1, -0.05) is 0 Å². The van der Waals surface area contributed by atoms with Gasteiger partial charge in [0.15, 0.2) is 3.95 Å². The number of thioether (sulfide) groups is 1. The van der Waals surface area contributed by atoms with Crippen LogP contribution in [0.3, 0.4) is 0 Å². The van der Waals surface area contributed by atoms with Crippen LogP contribution in [0.5, 0.6) is 5.75 Å². The first-order chi connectivity index (χ1) is 10.1. The lowest BCUT2D eigenvalue weighted by Crippen LogP contribution is -2.30. The van der Waals surface area contributed by atoms with Crippen molar-refractivity contribution in [1.82, 2.24) is 4.98 Å². The fraction of sp³-hybridized carbons (Fsp3) is 0.308. The fourth-order valence-electron chi connectivity index (χ4n) is 2.90. The first-order valence-corrected chi connectivity index (χ1v) is 8.61. The van der Waals surface area contributed by atoms with Gasteiger partial charge in [-0.15, -0.1) is 23.1 Å². The second kappa shape index (κ2) is 4.82. The molecule has 2 aliphatic heterocycles. The molecule has 0 unspecified atom stereocenters. The summed E-state index contributed by atoms with van der Waals surface area (Å²) in [4.78, 5) is 15.1. The number of hydrogen-bond donors (Lipinski definition) is 1. The number of non-ortho nitro benzene ring substituents is 1. The Hall–Kier alpha value is -1.38. The number of nitro benzene ring substituents is 1. The van der Waals surface area contributed by atoms with E-state index in [4.69, 9.17) is 17.0 Å². The van der Waals surface area contributed by atoms with Gasteiger partial charge in [0, 0.05) is 40.2 Å². The minimum absolute atomic E-state index is 0.108. The molecule has 0 bridgehead atoms. The third-order valence-electron chi connectivity index (χ3n) is 3.83. The lowest BCUT2D eigenvalue weighted by molar-refractivity contribution is -0.385. The van der Waals surface area contributed by atoms with Gasteiger partial charge < -0.3 is 9.72 Å². The monoisotopic (exact) mass is 338 g/mol.